The van der Waals surface area contributed by atoms with Crippen molar-refractivity contribution >= 4 is 10.4 Å². The lowest BCUT2D eigenvalue weighted by molar-refractivity contribution is -0.0968. The van der Waals surface area contributed by atoms with Gasteiger partial charge >= 0.3 is 10.4 Å². The Morgan fingerprint density at radius 2 is 1.64 bits per heavy atom. The molecule has 1 fully saturated rings. The van der Waals surface area contributed by atoms with E-state index in [0.29, 0.717) is 13.1 Å². The van der Waals surface area contributed by atoms with Gasteiger partial charge in [0, 0.05) is 13.1 Å². The van der Waals surface area contributed by atoms with Crippen LogP contribution in [-0.4, -0.2) is 62.7 Å². The molecule has 0 aromatic rings. The third kappa shape index (κ3) is 3.48. The first kappa shape index (κ1) is 11.8. The van der Waals surface area contributed by atoms with Crippen LogP contribution in [0.25, 0.3) is 0 Å². The van der Waals surface area contributed by atoms with Gasteiger partial charge in [0.05, 0.1) is 19.8 Å². The first-order valence-electron chi connectivity index (χ1n) is 4.13. The monoisotopic (exact) mass is 227 g/mol. The number of nitrogens with zero attached hydrogens (tertiary/aromatic N) is 1. The van der Waals surface area contributed by atoms with Crippen molar-refractivity contribution in [2.75, 3.05) is 32.8 Å². The Kier molecular flexibility index (Phi) is 4.23. The SMILES string of the molecule is O=S1(=O)OC(CN(CCO)CCO)O1. The summed E-state index contributed by atoms with van der Waals surface area (Å²) in [6.07, 6.45) is -0.821. The number of rotatable bonds is 6. The van der Waals surface area contributed by atoms with E-state index in [0.717, 1.165) is 0 Å². The van der Waals surface area contributed by atoms with Crippen LogP contribution in [0, 0.1) is 0 Å². The Bertz CT molecular complexity index is 247. The minimum absolute atomic E-state index is 0.0700. The Morgan fingerprint density at radius 3 is 2.00 bits per heavy atom. The zero-order valence-corrected chi connectivity index (χ0v) is 8.31. The first-order chi connectivity index (χ1) is 6.57. The summed E-state index contributed by atoms with van der Waals surface area (Å²) in [5, 5.41) is 17.3. The molecule has 1 heterocycles. The van der Waals surface area contributed by atoms with Gasteiger partial charge in [0.1, 0.15) is 0 Å². The molecule has 1 aliphatic heterocycles. The van der Waals surface area contributed by atoms with E-state index in [9.17, 15) is 8.42 Å². The molecule has 0 aromatic heterocycles. The molecule has 2 N–H and O–H groups in total. The number of hydrogen-bond acceptors (Lipinski definition) is 7. The summed E-state index contributed by atoms with van der Waals surface area (Å²) in [6.45, 7) is 0.743. The van der Waals surface area contributed by atoms with Crippen LogP contribution < -0.4 is 0 Å². The second kappa shape index (κ2) is 5.01. The molecule has 14 heavy (non-hydrogen) atoms. The van der Waals surface area contributed by atoms with Crippen molar-refractivity contribution in [2.45, 2.75) is 6.29 Å². The summed E-state index contributed by atoms with van der Waals surface area (Å²) in [4.78, 5) is 1.64. The maximum atomic E-state index is 10.4. The van der Waals surface area contributed by atoms with Crippen LogP contribution in [0.4, 0.5) is 0 Å². The highest BCUT2D eigenvalue weighted by atomic mass is 32.3. The molecule has 0 aliphatic carbocycles. The third-order valence-electron chi connectivity index (χ3n) is 1.69. The highest BCUT2D eigenvalue weighted by Gasteiger charge is 2.37. The van der Waals surface area contributed by atoms with Gasteiger partial charge in [0.2, 0.25) is 6.29 Å². The van der Waals surface area contributed by atoms with Gasteiger partial charge in [-0.15, -0.1) is 0 Å². The van der Waals surface area contributed by atoms with E-state index in [1.165, 1.54) is 0 Å². The summed E-state index contributed by atoms with van der Waals surface area (Å²) >= 11 is 0. The van der Waals surface area contributed by atoms with Crippen molar-refractivity contribution in [3.8, 4) is 0 Å². The van der Waals surface area contributed by atoms with Crippen LogP contribution in [0.15, 0.2) is 0 Å². The number of aliphatic hydroxyl groups is 2. The summed E-state index contributed by atoms with van der Waals surface area (Å²) in [7, 11) is -3.76. The average Bonchev–Trinajstić information content (AvgIpc) is 2.01. The summed E-state index contributed by atoms with van der Waals surface area (Å²) in [5.74, 6) is 0. The van der Waals surface area contributed by atoms with E-state index in [1.807, 2.05) is 0 Å². The van der Waals surface area contributed by atoms with Gasteiger partial charge in [0.25, 0.3) is 0 Å². The van der Waals surface area contributed by atoms with Crippen molar-refractivity contribution in [3.63, 3.8) is 0 Å². The Morgan fingerprint density at radius 1 is 1.14 bits per heavy atom. The highest BCUT2D eigenvalue weighted by Crippen LogP contribution is 2.18. The van der Waals surface area contributed by atoms with E-state index in [2.05, 4.69) is 8.37 Å². The largest absolute Gasteiger partial charge is 0.405 e. The molecule has 0 atom stereocenters. The Balaban J connectivity index is 2.27. The van der Waals surface area contributed by atoms with E-state index < -0.39 is 16.7 Å². The fraction of sp³-hybridized carbons (Fsp3) is 1.00. The fourth-order valence-corrected chi connectivity index (χ4v) is 1.78. The van der Waals surface area contributed by atoms with E-state index >= 15 is 0 Å². The van der Waals surface area contributed by atoms with Crippen molar-refractivity contribution in [3.05, 3.63) is 0 Å². The maximum Gasteiger partial charge on any atom is 0.405 e. The Hall–Kier alpha value is -0.250. The summed E-state index contributed by atoms with van der Waals surface area (Å²) < 4.78 is 29.7. The maximum absolute atomic E-state index is 10.4. The third-order valence-corrected chi connectivity index (χ3v) is 2.59. The smallest absolute Gasteiger partial charge is 0.395 e. The van der Waals surface area contributed by atoms with E-state index in [4.69, 9.17) is 10.2 Å². The molecule has 84 valence electrons. The standard InChI is InChI=1S/C6H13NO6S/c8-3-1-7(2-4-9)5-6-12-14(10,11)13-6/h6,8-9H,1-5H2. The van der Waals surface area contributed by atoms with Gasteiger partial charge in [-0.05, 0) is 0 Å². The first-order valence-corrected chi connectivity index (χ1v) is 5.46. The molecule has 0 spiro atoms. The van der Waals surface area contributed by atoms with Crippen molar-refractivity contribution in [1.29, 1.82) is 0 Å². The molecule has 0 unspecified atom stereocenters. The van der Waals surface area contributed by atoms with Gasteiger partial charge in [-0.1, -0.05) is 0 Å². The van der Waals surface area contributed by atoms with Crippen LogP contribution in [-0.2, 0) is 18.8 Å². The summed E-state index contributed by atoms with van der Waals surface area (Å²) in [5.41, 5.74) is 0. The number of aliphatic hydroxyl groups excluding tert-OH is 2. The molecule has 1 aliphatic rings. The molecule has 0 radical (unpaired) electrons. The lowest BCUT2D eigenvalue weighted by Gasteiger charge is -2.30. The van der Waals surface area contributed by atoms with Crippen molar-refractivity contribution in [1.82, 2.24) is 4.90 Å². The second-order valence-corrected chi connectivity index (χ2v) is 3.98. The molecule has 0 aromatic carbocycles. The van der Waals surface area contributed by atoms with E-state index in [1.54, 1.807) is 4.90 Å². The second-order valence-electron chi connectivity index (χ2n) is 2.78. The molecule has 0 saturated carbocycles. The molecular formula is C6H13NO6S. The molecule has 1 rings (SSSR count). The normalized spacial score (nSPS) is 21.1. The quantitative estimate of drug-likeness (QED) is 0.536. The molecule has 0 amide bonds. The average molecular weight is 227 g/mol. The van der Waals surface area contributed by atoms with Gasteiger partial charge in [-0.2, -0.15) is 8.42 Å². The minimum atomic E-state index is -3.76. The van der Waals surface area contributed by atoms with Crippen molar-refractivity contribution in [2.24, 2.45) is 0 Å². The van der Waals surface area contributed by atoms with Gasteiger partial charge in [-0.25, -0.2) is 8.37 Å². The van der Waals surface area contributed by atoms with Crippen LogP contribution in [0.1, 0.15) is 0 Å². The van der Waals surface area contributed by atoms with Crippen molar-refractivity contribution < 1.29 is 27.0 Å². The van der Waals surface area contributed by atoms with Gasteiger partial charge in [0.15, 0.2) is 0 Å². The predicted molar refractivity (Wildman–Crippen MR) is 45.5 cm³/mol. The van der Waals surface area contributed by atoms with Crippen LogP contribution >= 0.6 is 0 Å². The molecule has 1 saturated heterocycles. The zero-order valence-electron chi connectivity index (χ0n) is 7.50. The fourth-order valence-electron chi connectivity index (χ4n) is 1.12. The topological polar surface area (TPSA) is 96.3 Å². The zero-order chi connectivity index (χ0) is 10.6. The molecule has 8 heteroatoms. The molecular weight excluding hydrogens is 214 g/mol. The van der Waals surface area contributed by atoms with Crippen LogP contribution in [0.3, 0.4) is 0 Å². The van der Waals surface area contributed by atoms with Crippen LogP contribution in [0.5, 0.6) is 0 Å². The molecule has 7 nitrogen and oxygen atoms in total. The number of hydrogen-bond donors (Lipinski definition) is 2. The summed E-state index contributed by atoms with van der Waals surface area (Å²) in [6, 6.07) is 0. The highest BCUT2D eigenvalue weighted by molar-refractivity contribution is 7.82. The lowest BCUT2D eigenvalue weighted by Crippen LogP contribution is -2.46. The lowest BCUT2D eigenvalue weighted by atomic mass is 10.4. The minimum Gasteiger partial charge on any atom is -0.395 e. The Labute approximate surface area is 82.2 Å². The van der Waals surface area contributed by atoms with E-state index in [-0.39, 0.29) is 19.8 Å². The van der Waals surface area contributed by atoms with Crippen LogP contribution in [0.2, 0.25) is 0 Å². The van der Waals surface area contributed by atoms with Gasteiger partial charge < -0.3 is 10.2 Å². The predicted octanol–water partition coefficient (Wildman–Crippen LogP) is -2.11. The van der Waals surface area contributed by atoms with Gasteiger partial charge in [-0.3, -0.25) is 4.90 Å². The molecule has 0 bridgehead atoms.